The summed E-state index contributed by atoms with van der Waals surface area (Å²) in [5.74, 6) is -2.19. The largest absolute Gasteiger partial charge is 0.497 e. The summed E-state index contributed by atoms with van der Waals surface area (Å²) in [6.45, 7) is 20.1. The van der Waals surface area contributed by atoms with E-state index in [0.29, 0.717) is 36.8 Å². The monoisotopic (exact) mass is 484 g/mol. The molecule has 0 saturated carbocycles. The number of aliphatic hydroxyl groups is 1. The summed E-state index contributed by atoms with van der Waals surface area (Å²) in [7, 11) is 1.38. The Balaban J connectivity index is 0.00000194. The van der Waals surface area contributed by atoms with Crippen LogP contribution in [-0.4, -0.2) is 18.3 Å². The Morgan fingerprint density at radius 3 is 2.37 bits per heavy atom. The standard InChI is InChI=1S/C27H29F3O2.C3H6/c1-17(6-8-18(2)20(4)25(28)16-19(3)32-5)7-9-22-12-15-24(27(30)26(22)29)21-10-13-23(31)14-11-21;1-3-2/h6,8,10,12,15-16,23,31H,1-4,7,9,11,13-14H2,5H3;3H,1H2,2H3/b8-6-,25-16+;. The maximum absolute atomic E-state index is 14.6. The molecule has 0 spiro atoms. The summed E-state index contributed by atoms with van der Waals surface area (Å²) in [4.78, 5) is 0. The van der Waals surface area contributed by atoms with Crippen LogP contribution < -0.4 is 0 Å². The molecule has 0 bridgehead atoms. The van der Waals surface area contributed by atoms with Crippen molar-refractivity contribution in [2.24, 2.45) is 0 Å². The van der Waals surface area contributed by atoms with Crippen molar-refractivity contribution in [2.45, 2.75) is 45.1 Å². The molecule has 188 valence electrons. The lowest BCUT2D eigenvalue weighted by molar-refractivity contribution is 0.166. The minimum atomic E-state index is -0.866. The molecule has 0 aromatic heterocycles. The number of hydrogen-bond acceptors (Lipinski definition) is 2. The van der Waals surface area contributed by atoms with E-state index in [4.69, 9.17) is 4.74 Å². The molecule has 0 aliphatic heterocycles. The zero-order valence-electron chi connectivity index (χ0n) is 20.7. The van der Waals surface area contributed by atoms with Gasteiger partial charge >= 0.3 is 0 Å². The quantitative estimate of drug-likeness (QED) is 0.206. The molecular formula is C30H35F3O2. The first-order valence-corrected chi connectivity index (χ1v) is 11.3. The van der Waals surface area contributed by atoms with Crippen molar-refractivity contribution in [3.63, 3.8) is 0 Å². The third kappa shape index (κ3) is 9.45. The van der Waals surface area contributed by atoms with Crippen molar-refractivity contribution < 1.29 is 23.0 Å². The minimum absolute atomic E-state index is 0.0838. The Hall–Kier alpha value is -3.31. The number of rotatable bonds is 10. The summed E-state index contributed by atoms with van der Waals surface area (Å²) in [5, 5.41) is 9.58. The topological polar surface area (TPSA) is 29.5 Å². The lowest BCUT2D eigenvalue weighted by atomic mass is 9.90. The predicted molar refractivity (Wildman–Crippen MR) is 140 cm³/mol. The van der Waals surface area contributed by atoms with Crippen LogP contribution in [0.3, 0.4) is 0 Å². The van der Waals surface area contributed by atoms with Gasteiger partial charge in [0.15, 0.2) is 11.6 Å². The average Bonchev–Trinajstić information content (AvgIpc) is 2.84. The average molecular weight is 485 g/mol. The van der Waals surface area contributed by atoms with Crippen LogP contribution in [0.5, 0.6) is 0 Å². The van der Waals surface area contributed by atoms with Gasteiger partial charge in [-0.25, -0.2) is 13.2 Å². The summed E-state index contributed by atoms with van der Waals surface area (Å²) in [6, 6.07) is 3.17. The summed E-state index contributed by atoms with van der Waals surface area (Å²) < 4.78 is 48.1. The first-order chi connectivity index (χ1) is 16.5. The molecule has 1 aromatic carbocycles. The fourth-order valence-electron chi connectivity index (χ4n) is 3.23. The zero-order chi connectivity index (χ0) is 26.5. The van der Waals surface area contributed by atoms with Gasteiger partial charge in [0.2, 0.25) is 0 Å². The van der Waals surface area contributed by atoms with Crippen molar-refractivity contribution in [3.05, 3.63) is 126 Å². The van der Waals surface area contributed by atoms with Crippen LogP contribution in [0, 0.1) is 11.6 Å². The van der Waals surface area contributed by atoms with Crippen LogP contribution in [0.2, 0.25) is 0 Å². The number of methoxy groups -OCH3 is 1. The van der Waals surface area contributed by atoms with E-state index in [1.807, 2.05) is 6.92 Å². The molecule has 1 aromatic rings. The molecule has 2 nitrogen and oxygen atoms in total. The Bertz CT molecular complexity index is 1060. The van der Waals surface area contributed by atoms with Crippen LogP contribution >= 0.6 is 0 Å². The maximum atomic E-state index is 14.6. The molecule has 0 fully saturated rings. The van der Waals surface area contributed by atoms with E-state index in [0.717, 1.165) is 11.6 Å². The van der Waals surface area contributed by atoms with Gasteiger partial charge in [0.25, 0.3) is 0 Å². The van der Waals surface area contributed by atoms with E-state index in [1.165, 1.54) is 7.11 Å². The number of hydrogen-bond donors (Lipinski definition) is 1. The molecule has 5 heteroatoms. The van der Waals surface area contributed by atoms with Crippen LogP contribution in [0.15, 0.2) is 104 Å². The molecule has 1 N–H and O–H groups in total. The van der Waals surface area contributed by atoms with E-state index in [2.05, 4.69) is 32.9 Å². The second kappa shape index (κ2) is 14.8. The molecule has 1 unspecified atom stereocenters. The molecule has 1 aliphatic carbocycles. The summed E-state index contributed by atoms with van der Waals surface area (Å²) in [5.41, 5.74) is 2.30. The normalized spacial score (nSPS) is 15.5. The Kier molecular flexibility index (Phi) is 12.6. The first-order valence-electron chi connectivity index (χ1n) is 11.3. The second-order valence-electron chi connectivity index (χ2n) is 8.12. The van der Waals surface area contributed by atoms with Gasteiger partial charge in [0, 0.05) is 17.2 Å². The number of benzene rings is 1. The van der Waals surface area contributed by atoms with Crippen molar-refractivity contribution in [2.75, 3.05) is 7.11 Å². The predicted octanol–water partition coefficient (Wildman–Crippen LogP) is 8.26. The number of halogens is 3. The Morgan fingerprint density at radius 2 is 1.80 bits per heavy atom. The van der Waals surface area contributed by atoms with Gasteiger partial charge in [-0.1, -0.05) is 68.3 Å². The number of allylic oxidation sites excluding steroid dienone is 9. The van der Waals surface area contributed by atoms with Crippen LogP contribution in [0.25, 0.3) is 5.57 Å². The number of aryl methyl sites for hydroxylation is 1. The molecule has 35 heavy (non-hydrogen) atoms. The third-order valence-electron chi connectivity index (χ3n) is 5.35. The minimum Gasteiger partial charge on any atom is -0.497 e. The van der Waals surface area contributed by atoms with Crippen molar-refractivity contribution in [1.29, 1.82) is 0 Å². The van der Waals surface area contributed by atoms with Gasteiger partial charge in [-0.15, -0.1) is 6.58 Å². The molecule has 2 rings (SSSR count). The van der Waals surface area contributed by atoms with Crippen molar-refractivity contribution >= 4 is 5.57 Å². The van der Waals surface area contributed by atoms with Crippen LogP contribution in [-0.2, 0) is 11.2 Å². The van der Waals surface area contributed by atoms with E-state index < -0.39 is 23.6 Å². The summed E-state index contributed by atoms with van der Waals surface area (Å²) >= 11 is 0. The highest BCUT2D eigenvalue weighted by Gasteiger charge is 2.19. The molecule has 0 radical (unpaired) electrons. The lowest BCUT2D eigenvalue weighted by Crippen LogP contribution is -2.11. The maximum Gasteiger partial charge on any atom is 0.166 e. The van der Waals surface area contributed by atoms with E-state index in [9.17, 15) is 18.3 Å². The van der Waals surface area contributed by atoms with Gasteiger partial charge < -0.3 is 9.84 Å². The SMILES string of the molecule is C=C(/C=C\C(=C)C(=C)/C(F)=C\C(=C)OC)CCc1ccc(C2=CCC(O)CC2)c(F)c1F.C=CC. The highest BCUT2D eigenvalue weighted by molar-refractivity contribution is 5.67. The molecule has 1 atom stereocenters. The van der Waals surface area contributed by atoms with Gasteiger partial charge in [-0.05, 0) is 55.7 Å². The zero-order valence-corrected chi connectivity index (χ0v) is 20.7. The number of aliphatic hydroxyl groups excluding tert-OH is 1. The first kappa shape index (κ1) is 29.7. The van der Waals surface area contributed by atoms with Gasteiger partial charge in [-0.3, -0.25) is 0 Å². The highest BCUT2D eigenvalue weighted by atomic mass is 19.2. The van der Waals surface area contributed by atoms with Gasteiger partial charge in [0.05, 0.1) is 13.2 Å². The highest BCUT2D eigenvalue weighted by Crippen LogP contribution is 2.31. The Labute approximate surface area is 207 Å². The van der Waals surface area contributed by atoms with Gasteiger partial charge in [-0.2, -0.15) is 0 Å². The fraction of sp³-hybridized carbons (Fsp3) is 0.267. The second-order valence-corrected chi connectivity index (χ2v) is 8.12. The molecule has 1 aliphatic rings. The fourth-order valence-corrected chi connectivity index (χ4v) is 3.23. The van der Waals surface area contributed by atoms with Crippen molar-refractivity contribution in [3.8, 4) is 0 Å². The Morgan fingerprint density at radius 1 is 1.14 bits per heavy atom. The molecule has 0 saturated heterocycles. The third-order valence-corrected chi connectivity index (χ3v) is 5.35. The van der Waals surface area contributed by atoms with Crippen LogP contribution in [0.4, 0.5) is 13.2 Å². The van der Waals surface area contributed by atoms with Gasteiger partial charge in [0.1, 0.15) is 11.6 Å². The van der Waals surface area contributed by atoms with E-state index in [-0.39, 0.29) is 28.9 Å². The van der Waals surface area contributed by atoms with Crippen molar-refractivity contribution in [1.82, 2.24) is 0 Å². The van der Waals surface area contributed by atoms with E-state index in [1.54, 1.807) is 36.4 Å². The summed E-state index contributed by atoms with van der Waals surface area (Å²) in [6.07, 6.45) is 9.58. The van der Waals surface area contributed by atoms with E-state index >= 15 is 0 Å². The van der Waals surface area contributed by atoms with Crippen LogP contribution in [0.1, 0.15) is 43.7 Å². The number of ether oxygens (including phenoxy) is 1. The smallest absolute Gasteiger partial charge is 0.166 e. The molecule has 0 amide bonds. The molecule has 0 heterocycles. The molecular weight excluding hydrogens is 449 g/mol. The lowest BCUT2D eigenvalue weighted by Gasteiger charge is -2.18.